The summed E-state index contributed by atoms with van der Waals surface area (Å²) in [5.41, 5.74) is 2.03. The van der Waals surface area contributed by atoms with Gasteiger partial charge in [0.2, 0.25) is 0 Å². The molecule has 0 spiro atoms. The lowest BCUT2D eigenvalue weighted by Crippen LogP contribution is -1.75. The predicted octanol–water partition coefficient (Wildman–Crippen LogP) is 3.86. The molecule has 0 aliphatic carbocycles. The van der Waals surface area contributed by atoms with Gasteiger partial charge in [0.25, 0.3) is 0 Å². The molecular formula is C18H16O4. The fraction of sp³-hybridized carbons (Fsp3) is 0. The zero-order valence-corrected chi connectivity index (χ0v) is 11.7. The quantitative estimate of drug-likeness (QED) is 0.514. The summed E-state index contributed by atoms with van der Waals surface area (Å²) in [7, 11) is 0. The van der Waals surface area contributed by atoms with E-state index in [2.05, 4.69) is 0 Å². The van der Waals surface area contributed by atoms with Gasteiger partial charge < -0.3 is 20.4 Å². The fourth-order valence-electron chi connectivity index (χ4n) is 1.76. The van der Waals surface area contributed by atoms with Crippen LogP contribution in [-0.4, -0.2) is 20.4 Å². The topological polar surface area (TPSA) is 80.9 Å². The zero-order valence-electron chi connectivity index (χ0n) is 11.7. The van der Waals surface area contributed by atoms with Crippen molar-refractivity contribution in [2.45, 2.75) is 0 Å². The van der Waals surface area contributed by atoms with Crippen molar-refractivity contribution in [2.75, 3.05) is 0 Å². The Morgan fingerprint density at radius 1 is 0.318 bits per heavy atom. The third-order valence-electron chi connectivity index (χ3n) is 2.92. The molecule has 3 aromatic rings. The largest absolute Gasteiger partial charge is 0.508 e. The summed E-state index contributed by atoms with van der Waals surface area (Å²) in [5.74, 6) is 0.852. The van der Waals surface area contributed by atoms with Crippen LogP contribution in [-0.2, 0) is 0 Å². The Labute approximate surface area is 128 Å². The van der Waals surface area contributed by atoms with Gasteiger partial charge in [0.1, 0.15) is 23.0 Å². The van der Waals surface area contributed by atoms with Crippen molar-refractivity contribution in [3.63, 3.8) is 0 Å². The Morgan fingerprint density at radius 3 is 0.727 bits per heavy atom. The van der Waals surface area contributed by atoms with Crippen molar-refractivity contribution in [2.24, 2.45) is 0 Å². The summed E-state index contributed by atoms with van der Waals surface area (Å²) in [5, 5.41) is 35.5. The van der Waals surface area contributed by atoms with Gasteiger partial charge in [-0.3, -0.25) is 0 Å². The first-order valence-electron chi connectivity index (χ1n) is 6.61. The molecule has 4 N–H and O–H groups in total. The van der Waals surface area contributed by atoms with E-state index in [4.69, 9.17) is 20.4 Å². The molecule has 0 aliphatic heterocycles. The molecule has 0 fully saturated rings. The number of phenols is 4. The summed E-state index contributed by atoms with van der Waals surface area (Å²) < 4.78 is 0. The smallest absolute Gasteiger partial charge is 0.115 e. The molecule has 0 aromatic heterocycles. The van der Waals surface area contributed by atoms with E-state index in [0.29, 0.717) is 0 Å². The Kier molecular flexibility index (Phi) is 4.88. The van der Waals surface area contributed by atoms with E-state index in [-0.39, 0.29) is 23.0 Å². The molecule has 0 amide bonds. The molecule has 4 nitrogen and oxygen atoms in total. The van der Waals surface area contributed by atoms with Gasteiger partial charge in [0.05, 0.1) is 0 Å². The lowest BCUT2D eigenvalue weighted by molar-refractivity contribution is 0.460. The first-order chi connectivity index (χ1) is 10.5. The van der Waals surface area contributed by atoms with Crippen LogP contribution in [0.4, 0.5) is 0 Å². The maximum Gasteiger partial charge on any atom is 0.115 e. The van der Waals surface area contributed by atoms with Crippen LogP contribution in [0.1, 0.15) is 0 Å². The summed E-state index contributed by atoms with van der Waals surface area (Å²) in [6.45, 7) is 0. The Bertz CT molecular complexity index is 637. The van der Waals surface area contributed by atoms with Crippen molar-refractivity contribution in [3.8, 4) is 34.1 Å². The minimum atomic E-state index is 0.169. The lowest BCUT2D eigenvalue weighted by Gasteiger charge is -2.01. The monoisotopic (exact) mass is 296 g/mol. The van der Waals surface area contributed by atoms with Crippen molar-refractivity contribution in [1.29, 1.82) is 0 Å². The van der Waals surface area contributed by atoms with Crippen LogP contribution in [0.3, 0.4) is 0 Å². The number of hydrogen-bond acceptors (Lipinski definition) is 4. The number of phenolic OH excluding ortho intramolecular Hbond substituents is 4. The first-order valence-corrected chi connectivity index (χ1v) is 6.61. The molecule has 0 unspecified atom stereocenters. The van der Waals surface area contributed by atoms with E-state index in [1.165, 1.54) is 24.3 Å². The Balaban J connectivity index is 0.000000188. The summed E-state index contributed by atoms with van der Waals surface area (Å²) in [6, 6.07) is 19.6. The molecule has 0 bridgehead atoms. The molecule has 0 saturated carbocycles. The number of hydrogen-bond donors (Lipinski definition) is 4. The van der Waals surface area contributed by atoms with Crippen molar-refractivity contribution in [3.05, 3.63) is 72.8 Å². The second-order valence-electron chi connectivity index (χ2n) is 4.61. The molecule has 22 heavy (non-hydrogen) atoms. The lowest BCUT2D eigenvalue weighted by atomic mass is 10.1. The molecule has 4 heteroatoms. The van der Waals surface area contributed by atoms with E-state index >= 15 is 0 Å². The van der Waals surface area contributed by atoms with E-state index in [0.717, 1.165) is 11.1 Å². The Hall–Kier alpha value is -3.14. The summed E-state index contributed by atoms with van der Waals surface area (Å²) in [6.07, 6.45) is 0. The predicted molar refractivity (Wildman–Crippen MR) is 85.0 cm³/mol. The van der Waals surface area contributed by atoms with Crippen molar-refractivity contribution < 1.29 is 20.4 Å². The minimum Gasteiger partial charge on any atom is -0.508 e. The van der Waals surface area contributed by atoms with E-state index < -0.39 is 0 Å². The standard InChI is InChI=1S/C12H10O2.C6H6O2/c13-11-5-1-9(2-6-11)10-3-7-12(14)8-4-10;7-5-1-2-6(8)4-3-5/h1-8,13-14H;1-4,7-8H. The van der Waals surface area contributed by atoms with Gasteiger partial charge in [0, 0.05) is 0 Å². The van der Waals surface area contributed by atoms with E-state index in [9.17, 15) is 0 Å². The highest BCUT2D eigenvalue weighted by molar-refractivity contribution is 5.64. The maximum absolute atomic E-state index is 9.11. The van der Waals surface area contributed by atoms with Crippen LogP contribution in [0.5, 0.6) is 23.0 Å². The summed E-state index contributed by atoms with van der Waals surface area (Å²) in [4.78, 5) is 0. The molecule has 0 atom stereocenters. The minimum absolute atomic E-state index is 0.169. The molecule has 0 heterocycles. The van der Waals surface area contributed by atoms with E-state index in [1.807, 2.05) is 24.3 Å². The van der Waals surface area contributed by atoms with Gasteiger partial charge in [-0.05, 0) is 59.7 Å². The third kappa shape index (κ3) is 4.45. The molecule has 3 aromatic carbocycles. The Morgan fingerprint density at radius 2 is 0.500 bits per heavy atom. The molecular weight excluding hydrogens is 280 g/mol. The van der Waals surface area contributed by atoms with E-state index in [1.54, 1.807) is 24.3 Å². The third-order valence-corrected chi connectivity index (χ3v) is 2.92. The van der Waals surface area contributed by atoms with Crippen LogP contribution in [0.2, 0.25) is 0 Å². The average molecular weight is 296 g/mol. The van der Waals surface area contributed by atoms with Gasteiger partial charge >= 0.3 is 0 Å². The average Bonchev–Trinajstić information content (AvgIpc) is 2.53. The first kappa shape index (κ1) is 15.3. The van der Waals surface area contributed by atoms with Crippen LogP contribution >= 0.6 is 0 Å². The van der Waals surface area contributed by atoms with Gasteiger partial charge in [-0.2, -0.15) is 0 Å². The van der Waals surface area contributed by atoms with Gasteiger partial charge in [-0.25, -0.2) is 0 Å². The van der Waals surface area contributed by atoms with Crippen molar-refractivity contribution in [1.82, 2.24) is 0 Å². The molecule has 0 saturated heterocycles. The molecule has 112 valence electrons. The maximum atomic E-state index is 9.11. The SMILES string of the molecule is Oc1ccc(-c2ccc(O)cc2)cc1.Oc1ccc(O)cc1. The highest BCUT2D eigenvalue weighted by Gasteiger charge is 1.97. The van der Waals surface area contributed by atoms with Crippen LogP contribution in [0.15, 0.2) is 72.8 Å². The summed E-state index contributed by atoms with van der Waals surface area (Å²) >= 11 is 0. The second-order valence-corrected chi connectivity index (χ2v) is 4.61. The zero-order chi connectivity index (χ0) is 15.9. The van der Waals surface area contributed by atoms with Gasteiger partial charge in [-0.15, -0.1) is 0 Å². The fourth-order valence-corrected chi connectivity index (χ4v) is 1.76. The van der Waals surface area contributed by atoms with Gasteiger partial charge in [-0.1, -0.05) is 24.3 Å². The molecule has 3 rings (SSSR count). The van der Waals surface area contributed by atoms with Crippen LogP contribution in [0.25, 0.3) is 11.1 Å². The normalized spacial score (nSPS) is 9.64. The highest BCUT2D eigenvalue weighted by atomic mass is 16.3. The molecule has 0 radical (unpaired) electrons. The van der Waals surface area contributed by atoms with Crippen LogP contribution < -0.4 is 0 Å². The van der Waals surface area contributed by atoms with Crippen molar-refractivity contribution >= 4 is 0 Å². The highest BCUT2D eigenvalue weighted by Crippen LogP contribution is 2.23. The number of aromatic hydroxyl groups is 4. The van der Waals surface area contributed by atoms with Crippen LogP contribution in [0, 0.1) is 0 Å². The van der Waals surface area contributed by atoms with Gasteiger partial charge in [0.15, 0.2) is 0 Å². The molecule has 0 aliphatic rings. The number of benzene rings is 3. The number of rotatable bonds is 1. The second kappa shape index (κ2) is 7.04.